The lowest BCUT2D eigenvalue weighted by Gasteiger charge is -1.99. The van der Waals surface area contributed by atoms with Crippen LogP contribution in [0.15, 0.2) is 71.5 Å². The van der Waals surface area contributed by atoms with Gasteiger partial charge in [-0.05, 0) is 26.0 Å². The Hall–Kier alpha value is -1.96. The first kappa shape index (κ1) is 14.0. The summed E-state index contributed by atoms with van der Waals surface area (Å²) in [5.74, 6) is 0. The Bertz CT molecular complexity index is 366. The molecule has 0 aromatic rings. The summed E-state index contributed by atoms with van der Waals surface area (Å²) in [7, 11) is 0. The molecular formula is C14H18N2. The van der Waals surface area contributed by atoms with E-state index < -0.39 is 0 Å². The van der Waals surface area contributed by atoms with Gasteiger partial charge < -0.3 is 0 Å². The molecule has 84 valence electrons. The van der Waals surface area contributed by atoms with Crippen LogP contribution < -0.4 is 0 Å². The highest BCUT2D eigenvalue weighted by Crippen LogP contribution is 2.03. The molecular weight excluding hydrogens is 196 g/mol. The summed E-state index contributed by atoms with van der Waals surface area (Å²) in [5.41, 5.74) is 1.55. The quantitative estimate of drug-likeness (QED) is 0.474. The molecule has 0 heterocycles. The molecule has 0 saturated heterocycles. The molecule has 0 N–H and O–H groups in total. The molecule has 0 spiro atoms. The van der Waals surface area contributed by atoms with Gasteiger partial charge in [-0.3, -0.25) is 9.98 Å². The zero-order valence-electron chi connectivity index (χ0n) is 9.93. The van der Waals surface area contributed by atoms with Crippen molar-refractivity contribution in [2.75, 3.05) is 0 Å². The van der Waals surface area contributed by atoms with Crippen molar-refractivity contribution in [2.24, 2.45) is 9.98 Å². The first-order chi connectivity index (χ1) is 7.79. The molecule has 0 rings (SSSR count). The van der Waals surface area contributed by atoms with Crippen LogP contribution in [0.2, 0.25) is 0 Å². The van der Waals surface area contributed by atoms with Gasteiger partial charge in [0.2, 0.25) is 0 Å². The Morgan fingerprint density at radius 2 is 1.81 bits per heavy atom. The van der Waals surface area contributed by atoms with Crippen LogP contribution in [0, 0.1) is 0 Å². The van der Waals surface area contributed by atoms with Gasteiger partial charge in [0.1, 0.15) is 0 Å². The fourth-order valence-electron chi connectivity index (χ4n) is 0.946. The molecule has 0 fully saturated rings. The third-order valence-corrected chi connectivity index (χ3v) is 1.54. The van der Waals surface area contributed by atoms with E-state index in [1.807, 2.05) is 38.2 Å². The number of aliphatic imine (C=N–C) groups is 2. The molecule has 16 heavy (non-hydrogen) atoms. The van der Waals surface area contributed by atoms with E-state index in [-0.39, 0.29) is 0 Å². The highest BCUT2D eigenvalue weighted by Gasteiger charge is 1.98. The zero-order valence-corrected chi connectivity index (χ0v) is 9.93. The first-order valence-electron chi connectivity index (χ1n) is 5.10. The molecule has 0 aromatic heterocycles. The number of hydrogen-bond acceptors (Lipinski definition) is 2. The molecule has 0 aliphatic rings. The molecule has 0 radical (unpaired) electrons. The topological polar surface area (TPSA) is 24.7 Å². The Morgan fingerprint density at radius 3 is 2.31 bits per heavy atom. The lowest BCUT2D eigenvalue weighted by molar-refractivity contribution is 1.42. The maximum absolute atomic E-state index is 4.29. The van der Waals surface area contributed by atoms with Crippen molar-refractivity contribution >= 4 is 11.9 Å². The smallest absolute Gasteiger partial charge is 0.0885 e. The van der Waals surface area contributed by atoms with E-state index in [4.69, 9.17) is 0 Å². The Morgan fingerprint density at radius 1 is 1.06 bits per heavy atom. The minimum atomic E-state index is 0.756. The van der Waals surface area contributed by atoms with Gasteiger partial charge >= 0.3 is 0 Å². The average molecular weight is 214 g/mol. The summed E-state index contributed by atoms with van der Waals surface area (Å²) in [6, 6.07) is 0. The van der Waals surface area contributed by atoms with Crippen molar-refractivity contribution in [3.05, 3.63) is 61.5 Å². The number of hydrogen-bond donors (Lipinski definition) is 0. The van der Waals surface area contributed by atoms with E-state index in [1.165, 1.54) is 0 Å². The van der Waals surface area contributed by atoms with E-state index in [9.17, 15) is 0 Å². The predicted octanol–water partition coefficient (Wildman–Crippen LogP) is 3.86. The van der Waals surface area contributed by atoms with Crippen LogP contribution in [-0.4, -0.2) is 11.9 Å². The summed E-state index contributed by atoms with van der Waals surface area (Å²) < 4.78 is 0. The van der Waals surface area contributed by atoms with E-state index >= 15 is 0 Å². The molecule has 0 unspecified atom stereocenters. The molecule has 0 amide bonds. The SMILES string of the molecule is C=C\C=N/C(=C\C=C)C(/C=C\C)=N\C=C/C. The van der Waals surface area contributed by atoms with E-state index in [0.29, 0.717) is 0 Å². The van der Waals surface area contributed by atoms with Gasteiger partial charge in [-0.2, -0.15) is 0 Å². The molecule has 0 saturated carbocycles. The minimum absolute atomic E-state index is 0.756. The van der Waals surface area contributed by atoms with E-state index in [0.717, 1.165) is 11.4 Å². The van der Waals surface area contributed by atoms with Crippen LogP contribution in [0.5, 0.6) is 0 Å². The maximum atomic E-state index is 4.29. The lowest BCUT2D eigenvalue weighted by Crippen LogP contribution is -1.96. The van der Waals surface area contributed by atoms with Crippen molar-refractivity contribution < 1.29 is 0 Å². The summed E-state index contributed by atoms with van der Waals surface area (Å²) >= 11 is 0. The van der Waals surface area contributed by atoms with Gasteiger partial charge in [0.25, 0.3) is 0 Å². The van der Waals surface area contributed by atoms with Gasteiger partial charge in [-0.15, -0.1) is 0 Å². The summed E-state index contributed by atoms with van der Waals surface area (Å²) in [4.78, 5) is 8.52. The van der Waals surface area contributed by atoms with Gasteiger partial charge in [0.05, 0.1) is 11.4 Å². The summed E-state index contributed by atoms with van der Waals surface area (Å²) in [5, 5.41) is 0. The Labute approximate surface area is 97.8 Å². The molecule has 2 heteroatoms. The van der Waals surface area contributed by atoms with Gasteiger partial charge in [-0.1, -0.05) is 37.5 Å². The van der Waals surface area contributed by atoms with Crippen LogP contribution in [0.1, 0.15) is 13.8 Å². The third kappa shape index (κ3) is 5.70. The number of allylic oxidation sites excluding steroid dienone is 6. The van der Waals surface area contributed by atoms with E-state index in [1.54, 1.807) is 24.6 Å². The Kier molecular flexibility index (Phi) is 8.41. The van der Waals surface area contributed by atoms with Gasteiger partial charge in [0, 0.05) is 12.4 Å². The first-order valence-corrected chi connectivity index (χ1v) is 5.10. The number of nitrogens with zero attached hydrogens (tertiary/aromatic N) is 2. The van der Waals surface area contributed by atoms with Crippen LogP contribution in [0.4, 0.5) is 0 Å². The Balaban J connectivity index is 5.25. The maximum Gasteiger partial charge on any atom is 0.0885 e. The van der Waals surface area contributed by atoms with Gasteiger partial charge in [-0.25, -0.2) is 0 Å². The second-order valence-electron chi connectivity index (χ2n) is 2.80. The fourth-order valence-corrected chi connectivity index (χ4v) is 0.946. The highest BCUT2D eigenvalue weighted by atomic mass is 14.8. The molecule has 0 aromatic carbocycles. The zero-order chi connectivity index (χ0) is 12.2. The third-order valence-electron chi connectivity index (χ3n) is 1.54. The van der Waals surface area contributed by atoms with Crippen LogP contribution in [0.3, 0.4) is 0 Å². The summed E-state index contributed by atoms with van der Waals surface area (Å²) in [6.45, 7) is 11.1. The van der Waals surface area contributed by atoms with Crippen molar-refractivity contribution in [1.82, 2.24) is 0 Å². The fraction of sp³-hybridized carbons (Fsp3) is 0.143. The largest absolute Gasteiger partial charge is 0.255 e. The van der Waals surface area contributed by atoms with Crippen molar-refractivity contribution in [3.8, 4) is 0 Å². The molecule has 0 aliphatic carbocycles. The van der Waals surface area contributed by atoms with Gasteiger partial charge in [0.15, 0.2) is 0 Å². The average Bonchev–Trinajstić information content (AvgIpc) is 2.30. The second kappa shape index (κ2) is 9.59. The normalized spacial score (nSPS) is 14.1. The van der Waals surface area contributed by atoms with Crippen LogP contribution >= 0.6 is 0 Å². The second-order valence-corrected chi connectivity index (χ2v) is 2.80. The highest BCUT2D eigenvalue weighted by molar-refractivity contribution is 6.09. The monoisotopic (exact) mass is 214 g/mol. The van der Waals surface area contributed by atoms with Crippen molar-refractivity contribution in [3.63, 3.8) is 0 Å². The standard InChI is InChI=1S/C14H18N2/c1-5-9-13(15-11-7-3)14(10-6-2)16-12-8-4/h5-12H,1,3H2,2,4H3/b10-6-,12-8-,13-9-,15-11-,16-14-. The molecule has 0 atom stereocenters. The molecule has 0 aliphatic heterocycles. The summed E-state index contributed by atoms with van der Waals surface area (Å²) in [6.07, 6.45) is 14.2. The van der Waals surface area contributed by atoms with Crippen LogP contribution in [-0.2, 0) is 0 Å². The van der Waals surface area contributed by atoms with Crippen LogP contribution in [0.25, 0.3) is 0 Å². The predicted molar refractivity (Wildman–Crippen MR) is 74.0 cm³/mol. The molecule has 0 bridgehead atoms. The van der Waals surface area contributed by atoms with Crippen molar-refractivity contribution in [2.45, 2.75) is 13.8 Å². The minimum Gasteiger partial charge on any atom is -0.255 e. The molecule has 2 nitrogen and oxygen atoms in total. The van der Waals surface area contributed by atoms with E-state index in [2.05, 4.69) is 23.1 Å². The number of rotatable bonds is 6. The lowest BCUT2D eigenvalue weighted by atomic mass is 10.2. The van der Waals surface area contributed by atoms with Crippen molar-refractivity contribution in [1.29, 1.82) is 0 Å².